The average molecular weight is 569 g/mol. The molecule has 204 valence electrons. The van der Waals surface area contributed by atoms with E-state index in [1.807, 2.05) is 91.1 Å². The van der Waals surface area contributed by atoms with Crippen molar-refractivity contribution in [3.8, 4) is 6.07 Å². The molecule has 1 aliphatic heterocycles. The van der Waals surface area contributed by atoms with Crippen molar-refractivity contribution in [1.82, 2.24) is 9.47 Å². The van der Waals surface area contributed by atoms with Crippen LogP contribution in [0.4, 0.5) is 5.69 Å². The number of amidine groups is 1. The molecule has 1 amide bonds. The number of nitriles is 1. The summed E-state index contributed by atoms with van der Waals surface area (Å²) < 4.78 is 2.10. The number of aliphatic imine (C=N–C) groups is 1. The Labute approximate surface area is 246 Å². The number of hydrogen-bond acceptors (Lipinski definition) is 5. The third-order valence-corrected chi connectivity index (χ3v) is 8.00. The fourth-order valence-electron chi connectivity index (χ4n) is 4.89. The van der Waals surface area contributed by atoms with E-state index < -0.39 is 5.97 Å². The van der Waals surface area contributed by atoms with Gasteiger partial charge in [-0.05, 0) is 65.4 Å². The molecule has 6 rings (SSSR count). The number of rotatable bonds is 7. The molecule has 7 nitrogen and oxygen atoms in total. The number of nitrogens with zero attached hydrogens (tertiary/aromatic N) is 4. The van der Waals surface area contributed by atoms with E-state index in [1.54, 1.807) is 17.0 Å². The first-order chi connectivity index (χ1) is 20.5. The molecule has 0 atom stereocenters. The number of hydrogen-bond donors (Lipinski definition) is 1. The molecule has 1 fully saturated rings. The number of carboxylic acids is 1. The van der Waals surface area contributed by atoms with Gasteiger partial charge in [0.05, 0.1) is 34.3 Å². The molecule has 42 heavy (non-hydrogen) atoms. The Morgan fingerprint density at radius 2 is 1.62 bits per heavy atom. The van der Waals surface area contributed by atoms with Crippen LogP contribution in [-0.4, -0.2) is 31.6 Å². The minimum absolute atomic E-state index is 0.177. The maximum absolute atomic E-state index is 13.8. The molecule has 1 aliphatic rings. The largest absolute Gasteiger partial charge is 0.478 e. The quantitative estimate of drug-likeness (QED) is 0.212. The van der Waals surface area contributed by atoms with Crippen LogP contribution >= 0.6 is 11.8 Å². The number of fused-ring (bicyclic) bond motifs is 1. The highest BCUT2D eigenvalue weighted by atomic mass is 32.2. The van der Waals surface area contributed by atoms with Gasteiger partial charge in [0.1, 0.15) is 0 Å². The van der Waals surface area contributed by atoms with E-state index in [0.29, 0.717) is 22.2 Å². The Hall–Kier alpha value is -5.39. The van der Waals surface area contributed by atoms with Crippen LogP contribution in [0.1, 0.15) is 32.6 Å². The first kappa shape index (κ1) is 26.8. The maximum atomic E-state index is 13.8. The number of carbonyl (C=O) groups is 2. The number of carboxylic acid groups (broad SMARTS) is 1. The number of thioether (sulfide) groups is 1. The van der Waals surface area contributed by atoms with Gasteiger partial charge in [-0.2, -0.15) is 5.26 Å². The van der Waals surface area contributed by atoms with E-state index in [9.17, 15) is 20.0 Å². The lowest BCUT2D eigenvalue weighted by Gasteiger charge is -2.16. The summed E-state index contributed by atoms with van der Waals surface area (Å²) in [6, 6.07) is 33.8. The maximum Gasteiger partial charge on any atom is 0.335 e. The zero-order chi connectivity index (χ0) is 29.1. The van der Waals surface area contributed by atoms with E-state index in [4.69, 9.17) is 4.99 Å². The highest BCUT2D eigenvalue weighted by Gasteiger charge is 2.34. The van der Waals surface area contributed by atoms with Gasteiger partial charge in [-0.15, -0.1) is 0 Å². The fourth-order valence-corrected chi connectivity index (χ4v) is 5.88. The Balaban J connectivity index is 1.38. The smallest absolute Gasteiger partial charge is 0.335 e. The summed E-state index contributed by atoms with van der Waals surface area (Å²) in [6.45, 7) is 0.773. The number of benzene rings is 4. The van der Waals surface area contributed by atoms with Crippen molar-refractivity contribution >= 4 is 51.5 Å². The second-order valence-corrected chi connectivity index (χ2v) is 10.7. The average Bonchev–Trinajstić information content (AvgIpc) is 3.50. The molecule has 1 aromatic heterocycles. The minimum atomic E-state index is -0.999. The molecule has 8 heteroatoms. The first-order valence-electron chi connectivity index (χ1n) is 13.2. The van der Waals surface area contributed by atoms with Crippen molar-refractivity contribution in [3.05, 3.63) is 142 Å². The predicted octanol–water partition coefficient (Wildman–Crippen LogP) is 7.06. The van der Waals surface area contributed by atoms with Gasteiger partial charge >= 0.3 is 5.97 Å². The lowest BCUT2D eigenvalue weighted by Crippen LogP contribution is -2.28. The van der Waals surface area contributed by atoms with Crippen LogP contribution in [0.25, 0.3) is 17.0 Å². The minimum Gasteiger partial charge on any atom is -0.478 e. The third kappa shape index (κ3) is 5.46. The number of aromatic carboxylic acids is 1. The highest BCUT2D eigenvalue weighted by Crippen LogP contribution is 2.36. The van der Waals surface area contributed by atoms with Crippen molar-refractivity contribution < 1.29 is 14.7 Å². The molecule has 4 aromatic carbocycles. The molecule has 0 unspecified atom stereocenters. The van der Waals surface area contributed by atoms with Gasteiger partial charge in [0, 0.05) is 29.2 Å². The topological polar surface area (TPSA) is 98.7 Å². The summed E-state index contributed by atoms with van der Waals surface area (Å²) in [7, 11) is 0. The van der Waals surface area contributed by atoms with Gasteiger partial charge in [0.25, 0.3) is 5.91 Å². The van der Waals surface area contributed by atoms with Gasteiger partial charge in [0.15, 0.2) is 5.17 Å². The molecular formula is C34H24N4O3S. The van der Waals surface area contributed by atoms with Crippen molar-refractivity contribution in [1.29, 1.82) is 5.26 Å². The van der Waals surface area contributed by atoms with Crippen molar-refractivity contribution in [2.75, 3.05) is 0 Å². The molecule has 0 saturated carbocycles. The number of para-hydroxylation sites is 2. The summed E-state index contributed by atoms with van der Waals surface area (Å²) in [5, 5.41) is 20.4. The SMILES string of the molecule is N#Cc1ccccc1Cn1cc(/C=C2/SC(=Nc3ccccc3)N(Cc3ccc(C(=O)O)cc3)C2=O)c2ccccc21. The predicted molar refractivity (Wildman–Crippen MR) is 165 cm³/mol. The fraction of sp³-hybridized carbons (Fsp3) is 0.0588. The van der Waals surface area contributed by atoms with E-state index >= 15 is 0 Å². The lowest BCUT2D eigenvalue weighted by atomic mass is 10.1. The number of aromatic nitrogens is 1. The molecule has 0 radical (unpaired) electrons. The summed E-state index contributed by atoms with van der Waals surface area (Å²) in [6.07, 6.45) is 3.91. The van der Waals surface area contributed by atoms with Gasteiger partial charge in [0.2, 0.25) is 0 Å². The molecule has 0 aliphatic carbocycles. The zero-order valence-electron chi connectivity index (χ0n) is 22.3. The normalized spacial score (nSPS) is 15.0. The van der Waals surface area contributed by atoms with Crippen LogP contribution in [0.2, 0.25) is 0 Å². The van der Waals surface area contributed by atoms with E-state index in [1.165, 1.54) is 23.9 Å². The molecular weight excluding hydrogens is 544 g/mol. The Bertz CT molecular complexity index is 1920. The van der Waals surface area contributed by atoms with Gasteiger partial charge in [-0.3, -0.25) is 9.69 Å². The summed E-state index contributed by atoms with van der Waals surface area (Å²) in [5.74, 6) is -1.18. The van der Waals surface area contributed by atoms with E-state index in [0.717, 1.165) is 33.3 Å². The first-order valence-corrected chi connectivity index (χ1v) is 14.0. The molecule has 1 N–H and O–H groups in total. The van der Waals surface area contributed by atoms with Crippen LogP contribution in [-0.2, 0) is 17.9 Å². The Morgan fingerprint density at radius 1 is 0.905 bits per heavy atom. The Kier molecular flexibility index (Phi) is 7.41. The van der Waals surface area contributed by atoms with Crippen molar-refractivity contribution in [3.63, 3.8) is 0 Å². The summed E-state index contributed by atoms with van der Waals surface area (Å²) in [5.41, 5.74) is 5.16. The van der Waals surface area contributed by atoms with E-state index in [-0.39, 0.29) is 18.0 Å². The second kappa shape index (κ2) is 11.6. The number of carbonyl (C=O) groups excluding carboxylic acids is 1. The standard InChI is InChI=1S/C34H24N4O3S/c35-19-25-8-4-5-9-26(25)21-37-22-27(29-12-6-7-13-30(29)37)18-31-32(39)38(20-23-14-16-24(17-15-23)33(40)41)34(42-31)36-28-10-2-1-3-11-28/h1-18,22H,20-21H2,(H,40,41)/b31-18+,36-34?. The summed E-state index contributed by atoms with van der Waals surface area (Å²) in [4.78, 5) is 32.1. The third-order valence-electron chi connectivity index (χ3n) is 7.00. The summed E-state index contributed by atoms with van der Waals surface area (Å²) >= 11 is 1.31. The zero-order valence-corrected chi connectivity index (χ0v) is 23.2. The second-order valence-electron chi connectivity index (χ2n) is 9.73. The highest BCUT2D eigenvalue weighted by molar-refractivity contribution is 8.18. The number of amides is 1. The Morgan fingerprint density at radius 3 is 2.38 bits per heavy atom. The van der Waals surface area contributed by atoms with Crippen LogP contribution < -0.4 is 0 Å². The molecule has 5 aromatic rings. The van der Waals surface area contributed by atoms with Crippen molar-refractivity contribution in [2.45, 2.75) is 13.1 Å². The lowest BCUT2D eigenvalue weighted by molar-refractivity contribution is -0.122. The molecule has 2 heterocycles. The van der Waals surface area contributed by atoms with Gasteiger partial charge in [-0.1, -0.05) is 66.7 Å². The monoisotopic (exact) mass is 568 g/mol. The van der Waals surface area contributed by atoms with E-state index in [2.05, 4.69) is 10.6 Å². The van der Waals surface area contributed by atoms with Gasteiger partial charge in [-0.25, -0.2) is 9.79 Å². The molecule has 0 spiro atoms. The molecule has 1 saturated heterocycles. The van der Waals surface area contributed by atoms with Crippen LogP contribution in [0.5, 0.6) is 0 Å². The van der Waals surface area contributed by atoms with Gasteiger partial charge < -0.3 is 9.67 Å². The van der Waals surface area contributed by atoms with Crippen molar-refractivity contribution in [2.24, 2.45) is 4.99 Å². The van der Waals surface area contributed by atoms with Crippen LogP contribution in [0, 0.1) is 11.3 Å². The van der Waals surface area contributed by atoms with Crippen LogP contribution in [0.15, 0.2) is 119 Å². The molecule has 0 bridgehead atoms. The van der Waals surface area contributed by atoms with Crippen LogP contribution in [0.3, 0.4) is 0 Å².